The summed E-state index contributed by atoms with van der Waals surface area (Å²) in [5.41, 5.74) is 7.83. The topological polar surface area (TPSA) is 46.2 Å². The van der Waals surface area contributed by atoms with Crippen molar-refractivity contribution in [2.75, 3.05) is 12.3 Å². The van der Waals surface area contributed by atoms with Crippen LogP contribution >= 0.6 is 11.8 Å². The second-order valence-corrected chi connectivity index (χ2v) is 6.55. The van der Waals surface area contributed by atoms with Crippen LogP contribution in [-0.4, -0.2) is 17.4 Å². The quantitative estimate of drug-likeness (QED) is 0.868. The molecule has 17 heavy (non-hydrogen) atoms. The highest BCUT2D eigenvalue weighted by Gasteiger charge is 2.28. The van der Waals surface area contributed by atoms with Gasteiger partial charge < -0.3 is 10.8 Å². The van der Waals surface area contributed by atoms with Crippen molar-refractivity contribution in [3.05, 3.63) is 29.3 Å². The summed E-state index contributed by atoms with van der Waals surface area (Å²) in [6.07, 6.45) is 1.88. The molecule has 0 aromatic heterocycles. The van der Waals surface area contributed by atoms with E-state index in [1.807, 2.05) is 31.7 Å². The lowest BCUT2D eigenvalue weighted by atomic mass is 9.82. The average Bonchev–Trinajstić information content (AvgIpc) is 2.37. The average molecular weight is 251 g/mol. The highest BCUT2D eigenvalue weighted by molar-refractivity contribution is 7.99. The first-order valence-corrected chi connectivity index (χ1v) is 7.17. The van der Waals surface area contributed by atoms with E-state index in [1.165, 1.54) is 22.6 Å². The fourth-order valence-corrected chi connectivity index (χ4v) is 3.13. The lowest BCUT2D eigenvalue weighted by Crippen LogP contribution is -2.30. The molecule has 1 aliphatic rings. The summed E-state index contributed by atoms with van der Waals surface area (Å²) < 4.78 is 0. The summed E-state index contributed by atoms with van der Waals surface area (Å²) in [4.78, 5) is 1.37. The maximum atomic E-state index is 10.4. The van der Waals surface area contributed by atoms with E-state index in [0.29, 0.717) is 6.54 Å². The number of fused-ring (bicyclic) bond motifs is 1. The first kappa shape index (κ1) is 12.9. The van der Waals surface area contributed by atoms with Gasteiger partial charge in [0.05, 0.1) is 6.10 Å². The zero-order chi connectivity index (χ0) is 12.5. The second kappa shape index (κ2) is 5.01. The third-order valence-corrected chi connectivity index (χ3v) is 4.72. The van der Waals surface area contributed by atoms with Gasteiger partial charge in [0.15, 0.2) is 0 Å². The third-order valence-electron chi connectivity index (χ3n) is 3.51. The first-order chi connectivity index (χ1) is 8.04. The Kier molecular flexibility index (Phi) is 3.81. The van der Waals surface area contributed by atoms with Crippen LogP contribution in [0.15, 0.2) is 23.1 Å². The Bertz CT molecular complexity index is 403. The molecule has 0 saturated carbocycles. The van der Waals surface area contributed by atoms with Gasteiger partial charge in [-0.3, -0.25) is 0 Å². The maximum absolute atomic E-state index is 10.4. The molecule has 2 nitrogen and oxygen atoms in total. The van der Waals surface area contributed by atoms with Crippen LogP contribution in [0.5, 0.6) is 0 Å². The Morgan fingerprint density at radius 2 is 2.24 bits per heavy atom. The van der Waals surface area contributed by atoms with Gasteiger partial charge in [-0.2, -0.15) is 0 Å². The maximum Gasteiger partial charge on any atom is 0.0853 e. The number of nitrogens with two attached hydrogens (primary N) is 1. The van der Waals surface area contributed by atoms with Gasteiger partial charge in [-0.1, -0.05) is 26.0 Å². The van der Waals surface area contributed by atoms with E-state index in [9.17, 15) is 5.11 Å². The molecule has 1 aliphatic heterocycles. The van der Waals surface area contributed by atoms with Gasteiger partial charge >= 0.3 is 0 Å². The molecule has 1 heterocycles. The van der Waals surface area contributed by atoms with Crippen LogP contribution < -0.4 is 5.73 Å². The van der Waals surface area contributed by atoms with Crippen LogP contribution in [0.2, 0.25) is 0 Å². The number of benzene rings is 1. The highest BCUT2D eigenvalue weighted by atomic mass is 32.2. The molecule has 3 N–H and O–H groups in total. The number of hydrogen-bond donors (Lipinski definition) is 2. The number of aliphatic hydroxyl groups is 1. The monoisotopic (exact) mass is 251 g/mol. The Morgan fingerprint density at radius 3 is 2.94 bits per heavy atom. The summed E-state index contributed by atoms with van der Waals surface area (Å²) in [6.45, 7) is 4.50. The zero-order valence-electron chi connectivity index (χ0n) is 10.6. The molecule has 3 heteroatoms. The van der Waals surface area contributed by atoms with Gasteiger partial charge in [-0.15, -0.1) is 11.8 Å². The molecule has 0 amide bonds. The summed E-state index contributed by atoms with van der Waals surface area (Å²) in [7, 11) is 0. The van der Waals surface area contributed by atoms with Crippen LogP contribution in [0.3, 0.4) is 0 Å². The standard InChI is InChI=1S/C14H21NOS/c1-14(2,9-15)13(16)11-5-6-12-10(8-11)4-3-7-17-12/h5-6,8,13,16H,3-4,7,9,15H2,1-2H3. The van der Waals surface area contributed by atoms with E-state index >= 15 is 0 Å². The highest BCUT2D eigenvalue weighted by Crippen LogP contribution is 2.36. The van der Waals surface area contributed by atoms with E-state index in [4.69, 9.17) is 5.73 Å². The van der Waals surface area contributed by atoms with Crippen molar-refractivity contribution in [3.8, 4) is 0 Å². The lowest BCUT2D eigenvalue weighted by molar-refractivity contribution is 0.0554. The van der Waals surface area contributed by atoms with Gasteiger partial charge in [-0.25, -0.2) is 0 Å². The molecule has 1 unspecified atom stereocenters. The third kappa shape index (κ3) is 2.67. The summed E-state index contributed by atoms with van der Waals surface area (Å²) in [5, 5.41) is 10.4. The first-order valence-electron chi connectivity index (χ1n) is 6.18. The normalized spacial score (nSPS) is 17.6. The van der Waals surface area contributed by atoms with Crippen LogP contribution in [0.4, 0.5) is 0 Å². The molecule has 0 bridgehead atoms. The molecular weight excluding hydrogens is 230 g/mol. The zero-order valence-corrected chi connectivity index (χ0v) is 11.4. The molecule has 0 fully saturated rings. The molecule has 0 radical (unpaired) electrons. The van der Waals surface area contributed by atoms with Crippen molar-refractivity contribution in [3.63, 3.8) is 0 Å². The number of hydrogen-bond acceptors (Lipinski definition) is 3. The minimum atomic E-state index is -0.482. The largest absolute Gasteiger partial charge is 0.388 e. The number of aryl methyl sites for hydroxylation is 1. The summed E-state index contributed by atoms with van der Waals surface area (Å²) in [6, 6.07) is 6.34. The van der Waals surface area contributed by atoms with Crippen molar-refractivity contribution in [2.24, 2.45) is 11.1 Å². The van der Waals surface area contributed by atoms with Gasteiger partial charge in [0.1, 0.15) is 0 Å². The van der Waals surface area contributed by atoms with Crippen LogP contribution in [-0.2, 0) is 6.42 Å². The van der Waals surface area contributed by atoms with Crippen molar-refractivity contribution < 1.29 is 5.11 Å². The van der Waals surface area contributed by atoms with Gasteiger partial charge in [0.25, 0.3) is 0 Å². The Hall–Kier alpha value is -0.510. The smallest absolute Gasteiger partial charge is 0.0853 e. The molecule has 2 rings (SSSR count). The number of thioether (sulfide) groups is 1. The van der Waals surface area contributed by atoms with Crippen LogP contribution in [0.1, 0.15) is 37.5 Å². The van der Waals surface area contributed by atoms with Gasteiger partial charge in [0.2, 0.25) is 0 Å². The number of aliphatic hydroxyl groups excluding tert-OH is 1. The fraction of sp³-hybridized carbons (Fsp3) is 0.571. The molecule has 0 saturated heterocycles. The van der Waals surface area contributed by atoms with E-state index in [0.717, 1.165) is 12.0 Å². The molecule has 1 aromatic rings. The fourth-order valence-electron chi connectivity index (χ4n) is 2.11. The molecule has 1 atom stereocenters. The molecule has 0 aliphatic carbocycles. The van der Waals surface area contributed by atoms with E-state index in [2.05, 4.69) is 12.1 Å². The van der Waals surface area contributed by atoms with E-state index < -0.39 is 6.10 Å². The minimum absolute atomic E-state index is 0.268. The predicted molar refractivity (Wildman–Crippen MR) is 73.3 cm³/mol. The van der Waals surface area contributed by atoms with Crippen molar-refractivity contribution >= 4 is 11.8 Å². The summed E-state index contributed by atoms with van der Waals surface area (Å²) >= 11 is 1.92. The van der Waals surface area contributed by atoms with Crippen molar-refractivity contribution in [1.29, 1.82) is 0 Å². The Morgan fingerprint density at radius 1 is 1.47 bits per heavy atom. The molecular formula is C14H21NOS. The Labute approximate surface area is 108 Å². The van der Waals surface area contributed by atoms with Gasteiger partial charge in [-0.05, 0) is 35.8 Å². The second-order valence-electron chi connectivity index (χ2n) is 5.41. The molecule has 1 aromatic carbocycles. The van der Waals surface area contributed by atoms with E-state index in [1.54, 1.807) is 0 Å². The van der Waals surface area contributed by atoms with Crippen LogP contribution in [0, 0.1) is 5.41 Å². The van der Waals surface area contributed by atoms with Crippen LogP contribution in [0.25, 0.3) is 0 Å². The predicted octanol–water partition coefficient (Wildman–Crippen LogP) is 2.74. The Balaban J connectivity index is 2.28. The molecule has 0 spiro atoms. The lowest BCUT2D eigenvalue weighted by Gasteiger charge is -2.30. The summed E-state index contributed by atoms with van der Waals surface area (Å²) in [5.74, 6) is 1.21. The van der Waals surface area contributed by atoms with Crippen molar-refractivity contribution in [2.45, 2.75) is 37.7 Å². The number of rotatable bonds is 3. The van der Waals surface area contributed by atoms with Crippen molar-refractivity contribution in [1.82, 2.24) is 0 Å². The van der Waals surface area contributed by atoms with Gasteiger partial charge in [0, 0.05) is 16.9 Å². The minimum Gasteiger partial charge on any atom is -0.388 e. The molecule has 94 valence electrons. The SMILES string of the molecule is CC(C)(CN)C(O)c1ccc2c(c1)CCCS2. The van der Waals surface area contributed by atoms with E-state index in [-0.39, 0.29) is 5.41 Å².